The van der Waals surface area contributed by atoms with Gasteiger partial charge in [0.2, 0.25) is 0 Å². The van der Waals surface area contributed by atoms with Crippen LogP contribution in [0.15, 0.2) is 18.2 Å². The number of rotatable bonds is 6. The van der Waals surface area contributed by atoms with Crippen LogP contribution in [0.4, 0.5) is 0 Å². The molecule has 0 saturated heterocycles. The molecule has 0 radical (unpaired) electrons. The van der Waals surface area contributed by atoms with Crippen molar-refractivity contribution in [1.29, 1.82) is 0 Å². The molecule has 0 heterocycles. The van der Waals surface area contributed by atoms with Crippen molar-refractivity contribution in [2.24, 2.45) is 5.92 Å². The van der Waals surface area contributed by atoms with E-state index in [9.17, 15) is 0 Å². The van der Waals surface area contributed by atoms with Gasteiger partial charge < -0.3 is 10.1 Å². The van der Waals surface area contributed by atoms with E-state index in [2.05, 4.69) is 37.4 Å². The maximum atomic E-state index is 6.46. The summed E-state index contributed by atoms with van der Waals surface area (Å²) in [6.45, 7) is 5.44. The third kappa shape index (κ3) is 4.00. The van der Waals surface area contributed by atoms with E-state index in [4.69, 9.17) is 4.74 Å². The van der Waals surface area contributed by atoms with Crippen LogP contribution in [0, 0.1) is 12.8 Å². The van der Waals surface area contributed by atoms with E-state index in [0.29, 0.717) is 6.10 Å². The summed E-state index contributed by atoms with van der Waals surface area (Å²) in [5.41, 5.74) is 2.62. The summed E-state index contributed by atoms with van der Waals surface area (Å²) in [6, 6.07) is 7.30. The van der Waals surface area contributed by atoms with Crippen molar-refractivity contribution in [3.63, 3.8) is 0 Å². The SMILES string of the molecule is CCC1CCCC(Oc2c(C)cccc2CNC2CC2)C1. The van der Waals surface area contributed by atoms with Gasteiger partial charge in [0.15, 0.2) is 0 Å². The lowest BCUT2D eigenvalue weighted by molar-refractivity contribution is 0.120. The lowest BCUT2D eigenvalue weighted by Crippen LogP contribution is -2.26. The molecule has 3 rings (SSSR count). The second-order valence-electron chi connectivity index (χ2n) is 6.90. The third-order valence-electron chi connectivity index (χ3n) is 5.05. The van der Waals surface area contributed by atoms with Crippen molar-refractivity contribution in [2.75, 3.05) is 0 Å². The van der Waals surface area contributed by atoms with Gasteiger partial charge in [0.05, 0.1) is 6.10 Å². The first kappa shape index (κ1) is 14.9. The first-order valence-electron chi connectivity index (χ1n) is 8.74. The van der Waals surface area contributed by atoms with Crippen molar-refractivity contribution < 1.29 is 4.74 Å². The highest BCUT2D eigenvalue weighted by molar-refractivity contribution is 5.41. The number of aryl methyl sites for hydroxylation is 1. The number of hydrogen-bond donors (Lipinski definition) is 1. The fraction of sp³-hybridized carbons (Fsp3) is 0.684. The smallest absolute Gasteiger partial charge is 0.127 e. The van der Waals surface area contributed by atoms with Gasteiger partial charge in [-0.15, -0.1) is 0 Å². The van der Waals surface area contributed by atoms with Crippen LogP contribution in [0.1, 0.15) is 63.0 Å². The van der Waals surface area contributed by atoms with E-state index in [0.717, 1.165) is 24.3 Å². The molecule has 2 nitrogen and oxygen atoms in total. The Bertz CT molecular complexity index is 467. The van der Waals surface area contributed by atoms with Crippen molar-refractivity contribution in [2.45, 2.75) is 77.5 Å². The molecule has 21 heavy (non-hydrogen) atoms. The topological polar surface area (TPSA) is 21.3 Å². The molecule has 0 bridgehead atoms. The zero-order chi connectivity index (χ0) is 14.7. The second kappa shape index (κ2) is 6.83. The molecule has 116 valence electrons. The number of benzene rings is 1. The van der Waals surface area contributed by atoms with Crippen molar-refractivity contribution >= 4 is 0 Å². The van der Waals surface area contributed by atoms with Crippen LogP contribution in [0.5, 0.6) is 5.75 Å². The van der Waals surface area contributed by atoms with Crippen molar-refractivity contribution in [1.82, 2.24) is 5.32 Å². The van der Waals surface area contributed by atoms with Crippen LogP contribution < -0.4 is 10.1 Å². The Morgan fingerprint density at radius 3 is 2.81 bits per heavy atom. The van der Waals surface area contributed by atoms with Gasteiger partial charge in [-0.2, -0.15) is 0 Å². The highest BCUT2D eigenvalue weighted by atomic mass is 16.5. The van der Waals surface area contributed by atoms with Gasteiger partial charge in [-0.3, -0.25) is 0 Å². The lowest BCUT2D eigenvalue weighted by atomic mass is 9.85. The molecule has 2 saturated carbocycles. The average molecular weight is 287 g/mol. The quantitative estimate of drug-likeness (QED) is 0.826. The monoisotopic (exact) mass is 287 g/mol. The molecule has 0 aromatic heterocycles. The molecular formula is C19H29NO. The Labute approximate surface area is 129 Å². The van der Waals surface area contributed by atoms with Gasteiger partial charge in [0, 0.05) is 18.2 Å². The summed E-state index contributed by atoms with van der Waals surface area (Å²) in [6.07, 6.45) is 9.56. The summed E-state index contributed by atoms with van der Waals surface area (Å²) in [5.74, 6) is 2.01. The largest absolute Gasteiger partial charge is 0.490 e. The fourth-order valence-corrected chi connectivity index (χ4v) is 3.45. The number of nitrogens with one attached hydrogen (secondary N) is 1. The van der Waals surface area contributed by atoms with Crippen LogP contribution in [0.3, 0.4) is 0 Å². The standard InChI is InChI=1S/C19H29NO/c1-3-15-7-5-9-18(12-15)21-19-14(2)6-4-8-16(19)13-20-17-10-11-17/h4,6,8,15,17-18,20H,3,5,7,9-13H2,1-2H3. The first-order valence-corrected chi connectivity index (χ1v) is 8.74. The van der Waals surface area contributed by atoms with Gasteiger partial charge >= 0.3 is 0 Å². The molecule has 0 aliphatic heterocycles. The predicted octanol–water partition coefficient (Wildman–Crippen LogP) is 4.59. The second-order valence-corrected chi connectivity index (χ2v) is 6.90. The van der Waals surface area contributed by atoms with Gasteiger partial charge in [-0.25, -0.2) is 0 Å². The molecule has 2 fully saturated rings. The Morgan fingerprint density at radius 1 is 1.19 bits per heavy atom. The van der Waals surface area contributed by atoms with Gasteiger partial charge in [-0.1, -0.05) is 38.0 Å². The zero-order valence-corrected chi connectivity index (χ0v) is 13.5. The van der Waals surface area contributed by atoms with Crippen molar-refractivity contribution in [3.8, 4) is 5.75 Å². The number of ether oxygens (including phenoxy) is 1. The molecule has 2 atom stereocenters. The van der Waals surface area contributed by atoms with Crippen molar-refractivity contribution in [3.05, 3.63) is 29.3 Å². The normalized spacial score (nSPS) is 25.8. The zero-order valence-electron chi connectivity index (χ0n) is 13.5. The highest BCUT2D eigenvalue weighted by Gasteiger charge is 2.24. The van der Waals surface area contributed by atoms with Gasteiger partial charge in [0.25, 0.3) is 0 Å². The number of hydrogen-bond acceptors (Lipinski definition) is 2. The van der Waals surface area contributed by atoms with E-state index in [1.54, 1.807) is 0 Å². The molecule has 1 aromatic carbocycles. The molecular weight excluding hydrogens is 258 g/mol. The van der Waals surface area contributed by atoms with E-state index in [1.807, 2.05) is 0 Å². The average Bonchev–Trinajstić information content (AvgIpc) is 3.32. The van der Waals surface area contributed by atoms with Crippen LogP contribution in [-0.2, 0) is 6.54 Å². The summed E-state index contributed by atoms with van der Waals surface area (Å²) < 4.78 is 6.46. The Hall–Kier alpha value is -1.02. The van der Waals surface area contributed by atoms with Crippen LogP contribution in [0.2, 0.25) is 0 Å². The molecule has 0 spiro atoms. The predicted molar refractivity (Wildman–Crippen MR) is 87.7 cm³/mol. The number of para-hydroxylation sites is 1. The van der Waals surface area contributed by atoms with Crippen LogP contribution >= 0.6 is 0 Å². The van der Waals surface area contributed by atoms with E-state index >= 15 is 0 Å². The fourth-order valence-electron chi connectivity index (χ4n) is 3.45. The summed E-state index contributed by atoms with van der Waals surface area (Å²) in [4.78, 5) is 0. The van der Waals surface area contributed by atoms with E-state index in [-0.39, 0.29) is 0 Å². The Morgan fingerprint density at radius 2 is 2.05 bits per heavy atom. The minimum atomic E-state index is 0.421. The molecule has 2 unspecified atom stereocenters. The summed E-state index contributed by atoms with van der Waals surface area (Å²) in [7, 11) is 0. The van der Waals surface area contributed by atoms with E-state index in [1.165, 1.54) is 56.1 Å². The van der Waals surface area contributed by atoms with Gasteiger partial charge in [-0.05, 0) is 50.5 Å². The Kier molecular flexibility index (Phi) is 4.84. The minimum Gasteiger partial charge on any atom is -0.490 e. The highest BCUT2D eigenvalue weighted by Crippen LogP contribution is 2.32. The lowest BCUT2D eigenvalue weighted by Gasteiger charge is -2.30. The maximum absolute atomic E-state index is 6.46. The minimum absolute atomic E-state index is 0.421. The first-order chi connectivity index (χ1) is 10.3. The molecule has 2 aliphatic carbocycles. The van der Waals surface area contributed by atoms with E-state index < -0.39 is 0 Å². The molecule has 1 N–H and O–H groups in total. The third-order valence-corrected chi connectivity index (χ3v) is 5.05. The summed E-state index contributed by atoms with van der Waals surface area (Å²) >= 11 is 0. The molecule has 0 amide bonds. The Balaban J connectivity index is 1.67. The van der Waals surface area contributed by atoms with Gasteiger partial charge in [0.1, 0.15) is 5.75 Å². The molecule has 2 aliphatic rings. The van der Waals surface area contributed by atoms with Crippen LogP contribution in [0.25, 0.3) is 0 Å². The van der Waals surface area contributed by atoms with Crippen LogP contribution in [-0.4, -0.2) is 12.1 Å². The summed E-state index contributed by atoms with van der Waals surface area (Å²) in [5, 5.41) is 3.62. The maximum Gasteiger partial charge on any atom is 0.127 e. The molecule has 2 heteroatoms. The molecule has 1 aromatic rings.